The smallest absolute Gasteiger partial charge is 0.226 e. The largest absolute Gasteiger partial charge is 0.360 e. The summed E-state index contributed by atoms with van der Waals surface area (Å²) < 4.78 is 30.8. The molecule has 2 heterocycles. The van der Waals surface area contributed by atoms with Gasteiger partial charge in [-0.3, -0.25) is 4.79 Å². The molecule has 1 aliphatic rings. The van der Waals surface area contributed by atoms with Crippen LogP contribution in [0.4, 0.5) is 5.82 Å². The predicted molar refractivity (Wildman–Crippen MR) is 91.2 cm³/mol. The van der Waals surface area contributed by atoms with Gasteiger partial charge >= 0.3 is 0 Å². The van der Waals surface area contributed by atoms with E-state index in [0.717, 1.165) is 6.42 Å². The SMILES string of the molecule is CCCCS(=O)(=O)N1CCN(CCC(=O)Nc2cc(C)on2)CC1. The van der Waals surface area contributed by atoms with E-state index >= 15 is 0 Å². The van der Waals surface area contributed by atoms with Crippen LogP contribution in [0.25, 0.3) is 0 Å². The van der Waals surface area contributed by atoms with E-state index in [4.69, 9.17) is 4.52 Å². The molecule has 2 rings (SSSR count). The van der Waals surface area contributed by atoms with Crippen molar-refractivity contribution in [3.8, 4) is 0 Å². The molecule has 9 heteroatoms. The number of hydrogen-bond donors (Lipinski definition) is 1. The average Bonchev–Trinajstić information content (AvgIpc) is 2.96. The topological polar surface area (TPSA) is 95.8 Å². The monoisotopic (exact) mass is 358 g/mol. The first-order valence-electron chi connectivity index (χ1n) is 8.34. The Bertz CT molecular complexity index is 636. The molecule has 1 aliphatic heterocycles. The highest BCUT2D eigenvalue weighted by Crippen LogP contribution is 2.11. The first-order valence-corrected chi connectivity index (χ1v) is 9.95. The first-order chi connectivity index (χ1) is 11.4. The van der Waals surface area contributed by atoms with Crippen molar-refractivity contribution in [1.29, 1.82) is 0 Å². The number of aromatic nitrogens is 1. The second kappa shape index (κ2) is 8.59. The zero-order valence-electron chi connectivity index (χ0n) is 14.3. The standard InChI is InChI=1S/C15H26N4O4S/c1-3-4-11-24(21,22)19-9-7-18(8-10-19)6-5-15(20)16-14-12-13(2)23-17-14/h12H,3-11H2,1-2H3,(H,16,17,20). The Morgan fingerprint density at radius 3 is 2.62 bits per heavy atom. The fourth-order valence-electron chi connectivity index (χ4n) is 2.58. The normalized spacial score (nSPS) is 17.1. The van der Waals surface area contributed by atoms with Crippen LogP contribution in [0, 0.1) is 6.92 Å². The lowest BCUT2D eigenvalue weighted by atomic mass is 10.3. The summed E-state index contributed by atoms with van der Waals surface area (Å²) in [5, 5.41) is 6.40. The number of amides is 1. The van der Waals surface area contributed by atoms with Crippen LogP contribution >= 0.6 is 0 Å². The summed E-state index contributed by atoms with van der Waals surface area (Å²) in [6, 6.07) is 1.66. The molecule has 0 radical (unpaired) electrons. The van der Waals surface area contributed by atoms with E-state index in [1.807, 2.05) is 6.92 Å². The molecule has 8 nitrogen and oxygen atoms in total. The van der Waals surface area contributed by atoms with E-state index < -0.39 is 10.0 Å². The summed E-state index contributed by atoms with van der Waals surface area (Å²) in [4.78, 5) is 14.0. The molecular weight excluding hydrogens is 332 g/mol. The van der Waals surface area contributed by atoms with Gasteiger partial charge in [0, 0.05) is 45.2 Å². The molecule has 1 saturated heterocycles. The molecule has 0 aliphatic carbocycles. The predicted octanol–water partition coefficient (Wildman–Crippen LogP) is 1.06. The van der Waals surface area contributed by atoms with Gasteiger partial charge < -0.3 is 14.7 Å². The average molecular weight is 358 g/mol. The Labute approximate surface area is 143 Å². The summed E-state index contributed by atoms with van der Waals surface area (Å²) in [5.41, 5.74) is 0. The molecular formula is C15H26N4O4S. The summed E-state index contributed by atoms with van der Waals surface area (Å²) in [6.45, 7) is 6.65. The number of hydrogen-bond acceptors (Lipinski definition) is 6. The third-order valence-electron chi connectivity index (χ3n) is 4.03. The highest BCUT2D eigenvalue weighted by molar-refractivity contribution is 7.89. The molecule has 24 heavy (non-hydrogen) atoms. The minimum Gasteiger partial charge on any atom is -0.360 e. The van der Waals surface area contributed by atoms with Crippen molar-refractivity contribution in [1.82, 2.24) is 14.4 Å². The van der Waals surface area contributed by atoms with E-state index in [0.29, 0.717) is 57.1 Å². The van der Waals surface area contributed by atoms with Gasteiger partial charge in [0.05, 0.1) is 5.75 Å². The maximum absolute atomic E-state index is 12.1. The summed E-state index contributed by atoms with van der Waals surface area (Å²) in [7, 11) is -3.13. The number of carbonyl (C=O) groups is 1. The van der Waals surface area contributed by atoms with Gasteiger partial charge in [-0.25, -0.2) is 8.42 Å². The second-order valence-electron chi connectivity index (χ2n) is 6.03. The van der Waals surface area contributed by atoms with Gasteiger partial charge in [0.25, 0.3) is 0 Å². The Hall–Kier alpha value is -1.45. The van der Waals surface area contributed by atoms with Crippen molar-refractivity contribution >= 4 is 21.7 Å². The van der Waals surface area contributed by atoms with Crippen LogP contribution in [0.5, 0.6) is 0 Å². The zero-order valence-corrected chi connectivity index (χ0v) is 15.1. The minimum absolute atomic E-state index is 0.124. The molecule has 1 aromatic rings. The van der Waals surface area contributed by atoms with E-state index in [-0.39, 0.29) is 11.7 Å². The molecule has 0 aromatic carbocycles. The van der Waals surface area contributed by atoms with Crippen LogP contribution in [0.2, 0.25) is 0 Å². The molecule has 136 valence electrons. The molecule has 0 bridgehead atoms. The van der Waals surface area contributed by atoms with Gasteiger partial charge in [0.15, 0.2) is 5.82 Å². The number of sulfonamides is 1. The highest BCUT2D eigenvalue weighted by Gasteiger charge is 2.26. The van der Waals surface area contributed by atoms with E-state index in [1.54, 1.807) is 17.3 Å². The lowest BCUT2D eigenvalue weighted by molar-refractivity contribution is -0.116. The summed E-state index contributed by atoms with van der Waals surface area (Å²) in [6.07, 6.45) is 1.91. The first kappa shape index (κ1) is 18.9. The molecule has 0 spiro atoms. The lowest BCUT2D eigenvalue weighted by Gasteiger charge is -2.33. The molecule has 1 aromatic heterocycles. The van der Waals surface area contributed by atoms with Crippen LogP contribution in [0.3, 0.4) is 0 Å². The Kier molecular flexibility index (Phi) is 6.76. The fourth-order valence-corrected chi connectivity index (χ4v) is 4.21. The number of nitrogens with zero attached hydrogens (tertiary/aromatic N) is 3. The molecule has 0 saturated carbocycles. The third-order valence-corrected chi connectivity index (χ3v) is 5.99. The zero-order chi connectivity index (χ0) is 17.6. The second-order valence-corrected chi connectivity index (χ2v) is 8.12. The quantitative estimate of drug-likeness (QED) is 0.746. The van der Waals surface area contributed by atoms with E-state index in [2.05, 4.69) is 15.4 Å². The van der Waals surface area contributed by atoms with E-state index in [1.165, 1.54) is 0 Å². The number of unbranched alkanes of at least 4 members (excludes halogenated alkanes) is 1. The Balaban J connectivity index is 1.70. The Morgan fingerprint density at radius 2 is 2.04 bits per heavy atom. The molecule has 1 amide bonds. The Morgan fingerprint density at radius 1 is 1.33 bits per heavy atom. The van der Waals surface area contributed by atoms with Crippen molar-refractivity contribution in [2.24, 2.45) is 0 Å². The van der Waals surface area contributed by atoms with Gasteiger partial charge in [-0.15, -0.1) is 0 Å². The van der Waals surface area contributed by atoms with Crippen LogP contribution in [0.15, 0.2) is 10.6 Å². The third kappa shape index (κ3) is 5.57. The van der Waals surface area contributed by atoms with Crippen molar-refractivity contribution in [2.45, 2.75) is 33.1 Å². The highest BCUT2D eigenvalue weighted by atomic mass is 32.2. The van der Waals surface area contributed by atoms with Crippen molar-refractivity contribution in [2.75, 3.05) is 43.8 Å². The van der Waals surface area contributed by atoms with Crippen LogP contribution < -0.4 is 5.32 Å². The lowest BCUT2D eigenvalue weighted by Crippen LogP contribution is -2.49. The number of nitrogens with one attached hydrogen (secondary N) is 1. The number of carbonyl (C=O) groups excluding carboxylic acids is 1. The number of rotatable bonds is 8. The van der Waals surface area contributed by atoms with Gasteiger partial charge in [-0.2, -0.15) is 4.31 Å². The number of piperazine rings is 1. The van der Waals surface area contributed by atoms with Gasteiger partial charge in [0.2, 0.25) is 15.9 Å². The fraction of sp³-hybridized carbons (Fsp3) is 0.733. The molecule has 1 fully saturated rings. The van der Waals surface area contributed by atoms with Gasteiger partial charge in [-0.05, 0) is 13.3 Å². The van der Waals surface area contributed by atoms with Crippen molar-refractivity contribution in [3.63, 3.8) is 0 Å². The van der Waals surface area contributed by atoms with Gasteiger partial charge in [-0.1, -0.05) is 18.5 Å². The number of anilines is 1. The van der Waals surface area contributed by atoms with Crippen LogP contribution in [-0.4, -0.2) is 67.2 Å². The molecule has 0 atom stereocenters. The van der Waals surface area contributed by atoms with Crippen LogP contribution in [-0.2, 0) is 14.8 Å². The van der Waals surface area contributed by atoms with Gasteiger partial charge in [0.1, 0.15) is 5.76 Å². The van der Waals surface area contributed by atoms with Crippen LogP contribution in [0.1, 0.15) is 31.9 Å². The summed E-state index contributed by atoms with van der Waals surface area (Å²) >= 11 is 0. The maximum Gasteiger partial charge on any atom is 0.226 e. The maximum atomic E-state index is 12.1. The minimum atomic E-state index is -3.13. The van der Waals surface area contributed by atoms with E-state index in [9.17, 15) is 13.2 Å². The van der Waals surface area contributed by atoms with Crippen molar-refractivity contribution < 1.29 is 17.7 Å². The molecule has 1 N–H and O–H groups in total. The molecule has 0 unspecified atom stereocenters. The summed E-state index contributed by atoms with van der Waals surface area (Å²) in [5.74, 6) is 1.17. The number of aryl methyl sites for hydroxylation is 1. The van der Waals surface area contributed by atoms with Crippen molar-refractivity contribution in [3.05, 3.63) is 11.8 Å².